The number of amides is 2. The predicted molar refractivity (Wildman–Crippen MR) is 133 cm³/mol. The Bertz CT molecular complexity index is 1170. The van der Waals surface area contributed by atoms with Crippen molar-refractivity contribution in [1.82, 2.24) is 0 Å². The van der Waals surface area contributed by atoms with E-state index >= 15 is 0 Å². The number of hydrogen-bond donors (Lipinski definition) is 2. The molecule has 0 aliphatic rings. The van der Waals surface area contributed by atoms with E-state index in [1.165, 1.54) is 6.07 Å². The second-order valence-electron chi connectivity index (χ2n) is 8.67. The average Bonchev–Trinajstić information content (AvgIpc) is 2.72. The van der Waals surface area contributed by atoms with Crippen LogP contribution in [0.1, 0.15) is 51.3 Å². The number of halogens is 8. The van der Waals surface area contributed by atoms with Crippen LogP contribution in [0, 0.1) is 10.5 Å². The van der Waals surface area contributed by atoms with Gasteiger partial charge in [0, 0.05) is 20.6 Å². The zero-order valence-electron chi connectivity index (χ0n) is 19.4. The molecule has 3 N–H and O–H groups in total. The summed E-state index contributed by atoms with van der Waals surface area (Å²) < 4.78 is 93.4. The number of primary amides is 1. The van der Waals surface area contributed by atoms with Gasteiger partial charge in [-0.25, -0.2) is 4.39 Å². The fraction of sp³-hybridized carbons (Fsp3) is 0.391. The van der Waals surface area contributed by atoms with Crippen molar-refractivity contribution in [3.63, 3.8) is 0 Å². The number of carbonyl (C=O) groups excluding carboxylic acids is 2. The molecule has 0 aliphatic carbocycles. The fourth-order valence-electron chi connectivity index (χ4n) is 3.66. The zero-order valence-corrected chi connectivity index (χ0v) is 22.4. The van der Waals surface area contributed by atoms with E-state index in [-0.39, 0.29) is 22.4 Å². The summed E-state index contributed by atoms with van der Waals surface area (Å²) in [4.78, 5) is 25.2. The monoisotopic (exact) mass is 650 g/mol. The van der Waals surface area contributed by atoms with Gasteiger partial charge >= 0.3 is 18.0 Å². The molecule has 0 saturated carbocycles. The molecule has 0 atom stereocenters. The van der Waals surface area contributed by atoms with E-state index in [1.807, 2.05) is 42.7 Å². The summed E-state index contributed by atoms with van der Waals surface area (Å²) in [6.07, 6.45) is -10.6. The van der Waals surface area contributed by atoms with Gasteiger partial charge in [0.25, 0.3) is 5.91 Å². The normalized spacial score (nSPS) is 13.0. The van der Waals surface area contributed by atoms with E-state index in [9.17, 15) is 40.3 Å². The molecule has 0 spiro atoms. The number of rotatable bonds is 7. The molecule has 2 rings (SSSR count). The number of carbonyl (C=O) groups is 2. The van der Waals surface area contributed by atoms with Gasteiger partial charge in [0.05, 0.1) is 11.1 Å². The Kier molecular flexibility index (Phi) is 8.71. The number of anilines is 1. The second kappa shape index (κ2) is 10.4. The highest BCUT2D eigenvalue weighted by atomic mass is 127. The molecule has 0 heterocycles. The lowest BCUT2D eigenvalue weighted by atomic mass is 9.84. The van der Waals surface area contributed by atoms with Crippen LogP contribution in [-0.2, 0) is 11.1 Å². The third-order valence-corrected chi connectivity index (χ3v) is 7.65. The molecule has 2 aromatic rings. The Morgan fingerprint density at radius 1 is 1.00 bits per heavy atom. The first-order chi connectivity index (χ1) is 16.3. The molecular formula is C23H22F7IN2O2S. The van der Waals surface area contributed by atoms with E-state index in [4.69, 9.17) is 5.73 Å². The average molecular weight is 650 g/mol. The summed E-state index contributed by atoms with van der Waals surface area (Å²) in [5, 5.41) is 2.39. The highest BCUT2D eigenvalue weighted by Crippen LogP contribution is 2.53. The van der Waals surface area contributed by atoms with Crippen molar-refractivity contribution in [2.24, 2.45) is 5.73 Å². The second-order valence-corrected chi connectivity index (χ2v) is 10.6. The van der Waals surface area contributed by atoms with Gasteiger partial charge in [-0.15, -0.1) is 0 Å². The minimum atomic E-state index is -6.26. The Morgan fingerprint density at radius 3 is 2.00 bits per heavy atom. The van der Waals surface area contributed by atoms with Gasteiger partial charge in [0.15, 0.2) is 0 Å². The Hall–Kier alpha value is -2.03. The molecule has 0 saturated heterocycles. The quantitative estimate of drug-likeness (QED) is 0.254. The lowest BCUT2D eigenvalue weighted by Gasteiger charge is -2.30. The van der Waals surface area contributed by atoms with Gasteiger partial charge in [-0.1, -0.05) is 32.0 Å². The van der Waals surface area contributed by atoms with Gasteiger partial charge in [-0.2, -0.15) is 38.1 Å². The van der Waals surface area contributed by atoms with Gasteiger partial charge in [-0.05, 0) is 64.4 Å². The van der Waals surface area contributed by atoms with Crippen molar-refractivity contribution < 1.29 is 40.3 Å². The third-order valence-electron chi connectivity index (χ3n) is 5.52. The molecule has 0 fully saturated rings. The van der Waals surface area contributed by atoms with Gasteiger partial charge < -0.3 is 11.1 Å². The van der Waals surface area contributed by atoms with Gasteiger partial charge in [0.2, 0.25) is 5.91 Å². The summed E-state index contributed by atoms with van der Waals surface area (Å²) in [5.41, 5.74) is -2.17. The summed E-state index contributed by atoms with van der Waals surface area (Å²) in [5.74, 6) is -1.09. The first-order valence-electron chi connectivity index (χ1n) is 10.2. The highest BCUT2D eigenvalue weighted by Gasteiger charge is 2.73. The largest absolute Gasteiger partial charge is 0.435 e. The lowest BCUT2D eigenvalue weighted by Crippen LogP contribution is -2.50. The number of alkyl halides is 7. The fourth-order valence-corrected chi connectivity index (χ4v) is 5.98. The number of hydrogen-bond acceptors (Lipinski definition) is 3. The SMILES string of the molecule is CSCC(C)(C)c1ccc(C(N)=O)c(C(=O)Nc2ccc(C(F)(C(F)(F)F)C(F)(F)F)cc2C)c1I. The van der Waals surface area contributed by atoms with Crippen molar-refractivity contribution in [1.29, 1.82) is 0 Å². The molecule has 13 heteroatoms. The first kappa shape index (κ1) is 30.2. The van der Waals surface area contributed by atoms with Crippen molar-refractivity contribution in [3.8, 4) is 0 Å². The van der Waals surface area contributed by atoms with Crippen LogP contribution in [0.3, 0.4) is 0 Å². The van der Waals surface area contributed by atoms with Crippen LogP contribution >= 0.6 is 34.4 Å². The number of aryl methyl sites for hydroxylation is 1. The standard InChI is InChI=1S/C23H22F7IN2O2S/c1-11-9-12(21(24,22(25,26)27)23(28,29)30)5-8-15(11)33-19(35)16-13(18(32)34)6-7-14(17(16)31)20(2,3)10-36-4/h5-9H,10H2,1-4H3,(H2,32,34)(H,33,35). The maximum atomic E-state index is 14.4. The van der Waals surface area contributed by atoms with Crippen LogP contribution in [0.4, 0.5) is 36.4 Å². The Morgan fingerprint density at radius 2 is 1.56 bits per heavy atom. The molecule has 0 unspecified atom stereocenters. The maximum Gasteiger partial charge on any atom is 0.435 e. The van der Waals surface area contributed by atoms with E-state index in [0.717, 1.165) is 18.6 Å². The lowest BCUT2D eigenvalue weighted by molar-refractivity contribution is -0.348. The Labute approximate surface area is 220 Å². The minimum Gasteiger partial charge on any atom is -0.366 e. The smallest absolute Gasteiger partial charge is 0.366 e. The molecule has 0 radical (unpaired) electrons. The molecule has 0 aromatic heterocycles. The van der Waals surface area contributed by atoms with Crippen LogP contribution in [0.5, 0.6) is 0 Å². The van der Waals surface area contributed by atoms with Gasteiger partial charge in [0.1, 0.15) is 0 Å². The number of nitrogens with two attached hydrogens (primary N) is 1. The topological polar surface area (TPSA) is 72.2 Å². The molecule has 2 aromatic carbocycles. The zero-order chi connectivity index (χ0) is 27.9. The number of benzene rings is 2. The molecule has 0 bridgehead atoms. The van der Waals surface area contributed by atoms with Crippen LogP contribution in [-0.4, -0.2) is 36.2 Å². The van der Waals surface area contributed by atoms with E-state index in [1.54, 1.807) is 17.8 Å². The minimum absolute atomic E-state index is 0.0938. The summed E-state index contributed by atoms with van der Waals surface area (Å²) in [7, 11) is 0. The maximum absolute atomic E-state index is 14.4. The predicted octanol–water partition coefficient (Wildman–Crippen LogP) is 6.88. The number of nitrogens with one attached hydrogen (secondary N) is 1. The molecular weight excluding hydrogens is 628 g/mol. The summed E-state index contributed by atoms with van der Waals surface area (Å²) in [6.45, 7) is 4.98. The van der Waals surface area contributed by atoms with E-state index in [2.05, 4.69) is 5.32 Å². The summed E-state index contributed by atoms with van der Waals surface area (Å²) >= 11 is 3.45. The van der Waals surface area contributed by atoms with Gasteiger partial charge in [-0.3, -0.25) is 9.59 Å². The van der Waals surface area contributed by atoms with Crippen molar-refractivity contribution in [3.05, 3.63) is 61.7 Å². The third kappa shape index (κ3) is 5.60. The van der Waals surface area contributed by atoms with Crippen LogP contribution in [0.15, 0.2) is 30.3 Å². The Balaban J connectivity index is 2.57. The molecule has 0 aliphatic heterocycles. The van der Waals surface area contributed by atoms with Crippen molar-refractivity contribution >= 4 is 51.9 Å². The molecule has 4 nitrogen and oxygen atoms in total. The molecule has 36 heavy (non-hydrogen) atoms. The van der Waals surface area contributed by atoms with Crippen LogP contribution < -0.4 is 11.1 Å². The molecule has 198 valence electrons. The van der Waals surface area contributed by atoms with E-state index in [0.29, 0.717) is 21.5 Å². The van der Waals surface area contributed by atoms with Crippen molar-refractivity contribution in [2.75, 3.05) is 17.3 Å². The van der Waals surface area contributed by atoms with Crippen LogP contribution in [0.25, 0.3) is 0 Å². The number of thioether (sulfide) groups is 1. The van der Waals surface area contributed by atoms with Crippen LogP contribution in [0.2, 0.25) is 0 Å². The van der Waals surface area contributed by atoms with Crippen molar-refractivity contribution in [2.45, 2.75) is 44.2 Å². The van der Waals surface area contributed by atoms with E-state index < -0.39 is 40.8 Å². The highest BCUT2D eigenvalue weighted by molar-refractivity contribution is 14.1. The summed E-state index contributed by atoms with van der Waals surface area (Å²) in [6, 6.07) is 4.48. The molecule has 2 amide bonds. The first-order valence-corrected chi connectivity index (χ1v) is 12.6.